The van der Waals surface area contributed by atoms with Crippen LogP contribution in [0.25, 0.3) is 0 Å². The average molecular weight is 391 g/mol. The molecule has 1 saturated heterocycles. The predicted octanol–water partition coefficient (Wildman–Crippen LogP) is 3.00. The topological polar surface area (TPSA) is 76.4 Å². The van der Waals surface area contributed by atoms with Crippen LogP contribution in [0.2, 0.25) is 0 Å². The normalized spacial score (nSPS) is 20.1. The van der Waals surface area contributed by atoms with Gasteiger partial charge in [0.05, 0.1) is 18.7 Å². The summed E-state index contributed by atoms with van der Waals surface area (Å²) < 4.78 is 13.0. The van der Waals surface area contributed by atoms with Gasteiger partial charge in [-0.15, -0.1) is 0 Å². The number of aliphatic hydroxyl groups is 1. The molecule has 1 fully saturated rings. The van der Waals surface area contributed by atoms with Gasteiger partial charge in [-0.25, -0.2) is 9.18 Å². The number of rotatable bonds is 4. The number of carbonyl (C=O) groups is 1. The quantitative estimate of drug-likeness (QED) is 0.787. The molecule has 0 radical (unpaired) electrons. The molecule has 3 atom stereocenters. The molecular formula is C23H22FN3O2. The number of hydrogen-bond acceptors (Lipinski definition) is 3. The van der Waals surface area contributed by atoms with Crippen LogP contribution in [-0.4, -0.2) is 41.3 Å². The van der Waals surface area contributed by atoms with Crippen LogP contribution in [0.1, 0.15) is 36.0 Å². The van der Waals surface area contributed by atoms with Crippen LogP contribution in [0, 0.1) is 29.0 Å². The fourth-order valence-corrected chi connectivity index (χ4v) is 3.48. The van der Waals surface area contributed by atoms with Gasteiger partial charge < -0.3 is 15.3 Å². The van der Waals surface area contributed by atoms with E-state index in [1.54, 1.807) is 12.1 Å². The Morgan fingerprint density at radius 2 is 1.72 bits per heavy atom. The summed E-state index contributed by atoms with van der Waals surface area (Å²) in [6.45, 7) is 2.26. The van der Waals surface area contributed by atoms with Crippen molar-refractivity contribution in [3.63, 3.8) is 0 Å². The molecule has 2 aromatic carbocycles. The van der Waals surface area contributed by atoms with E-state index >= 15 is 0 Å². The van der Waals surface area contributed by atoms with Gasteiger partial charge in [0.25, 0.3) is 0 Å². The number of urea groups is 1. The average Bonchev–Trinajstić information content (AvgIpc) is 2.72. The minimum absolute atomic E-state index is 0.214. The van der Waals surface area contributed by atoms with E-state index in [1.165, 1.54) is 17.0 Å². The number of likely N-dealkylation sites (tertiary alicyclic amines) is 1. The summed E-state index contributed by atoms with van der Waals surface area (Å²) in [7, 11) is 0. The number of nitrogens with one attached hydrogen (secondary N) is 1. The highest BCUT2D eigenvalue weighted by molar-refractivity contribution is 5.77. The minimum atomic E-state index is -0.625. The van der Waals surface area contributed by atoms with Crippen molar-refractivity contribution < 1.29 is 14.3 Å². The lowest BCUT2D eigenvalue weighted by atomic mass is 9.76. The van der Waals surface area contributed by atoms with Crippen molar-refractivity contribution in [3.05, 3.63) is 71.0 Å². The third-order valence-corrected chi connectivity index (χ3v) is 4.98. The third-order valence-electron chi connectivity index (χ3n) is 4.98. The number of halogens is 1. The van der Waals surface area contributed by atoms with Crippen molar-refractivity contribution in [2.45, 2.75) is 31.3 Å². The molecule has 1 heterocycles. The van der Waals surface area contributed by atoms with E-state index in [-0.39, 0.29) is 24.4 Å². The maximum Gasteiger partial charge on any atom is 0.318 e. The Morgan fingerprint density at radius 3 is 2.24 bits per heavy atom. The van der Waals surface area contributed by atoms with Crippen LogP contribution in [-0.2, 0) is 0 Å². The van der Waals surface area contributed by atoms with E-state index in [1.807, 2.05) is 31.2 Å². The van der Waals surface area contributed by atoms with Gasteiger partial charge in [-0.05, 0) is 48.4 Å². The van der Waals surface area contributed by atoms with Crippen LogP contribution in [0.4, 0.5) is 9.18 Å². The first-order valence-corrected chi connectivity index (χ1v) is 9.53. The molecule has 2 N–H and O–H groups in total. The van der Waals surface area contributed by atoms with Gasteiger partial charge in [0, 0.05) is 23.6 Å². The Hall–Kier alpha value is -3.35. The molecule has 1 aliphatic heterocycles. The van der Waals surface area contributed by atoms with Crippen molar-refractivity contribution in [2.24, 2.45) is 0 Å². The van der Waals surface area contributed by atoms with Crippen molar-refractivity contribution >= 4 is 6.03 Å². The molecule has 148 valence electrons. The Labute approximate surface area is 169 Å². The lowest BCUT2D eigenvalue weighted by Crippen LogP contribution is -2.67. The first-order chi connectivity index (χ1) is 14.1. The number of aliphatic hydroxyl groups excluding tert-OH is 1. The molecule has 0 aromatic heterocycles. The zero-order chi connectivity index (χ0) is 20.8. The Bertz CT molecular complexity index is 955. The van der Waals surface area contributed by atoms with E-state index in [2.05, 4.69) is 23.2 Å². The summed E-state index contributed by atoms with van der Waals surface area (Å²) in [6.07, 6.45) is 0.796. The lowest BCUT2D eigenvalue weighted by Gasteiger charge is -2.51. The molecule has 0 bridgehead atoms. The minimum Gasteiger partial charge on any atom is -0.394 e. The smallest absolute Gasteiger partial charge is 0.318 e. The molecule has 0 aliphatic carbocycles. The van der Waals surface area contributed by atoms with Crippen LogP contribution >= 0.6 is 0 Å². The molecule has 29 heavy (non-hydrogen) atoms. The summed E-state index contributed by atoms with van der Waals surface area (Å²) in [5.74, 6) is 5.44. The largest absolute Gasteiger partial charge is 0.394 e. The number of nitriles is 1. The maximum atomic E-state index is 13.0. The van der Waals surface area contributed by atoms with Crippen molar-refractivity contribution in [1.82, 2.24) is 10.2 Å². The Kier molecular flexibility index (Phi) is 6.49. The van der Waals surface area contributed by atoms with E-state index in [0.717, 1.165) is 17.5 Å². The van der Waals surface area contributed by atoms with Gasteiger partial charge in [-0.3, -0.25) is 0 Å². The summed E-state index contributed by atoms with van der Waals surface area (Å²) in [4.78, 5) is 13.7. The fraction of sp³-hybridized carbons (Fsp3) is 0.304. The number of hydrogen-bond donors (Lipinski definition) is 2. The Balaban J connectivity index is 1.74. The molecule has 2 aromatic rings. The van der Waals surface area contributed by atoms with Gasteiger partial charge >= 0.3 is 6.03 Å². The summed E-state index contributed by atoms with van der Waals surface area (Å²) in [5.41, 5.74) is 2.37. The molecule has 0 unspecified atom stereocenters. The molecule has 0 spiro atoms. The first kappa shape index (κ1) is 20.4. The predicted molar refractivity (Wildman–Crippen MR) is 107 cm³/mol. The zero-order valence-corrected chi connectivity index (χ0v) is 16.1. The molecule has 6 heteroatoms. The van der Waals surface area contributed by atoms with Gasteiger partial charge in [0.2, 0.25) is 0 Å². The van der Waals surface area contributed by atoms with E-state index < -0.39 is 12.1 Å². The van der Waals surface area contributed by atoms with Crippen molar-refractivity contribution in [3.8, 4) is 17.9 Å². The number of benzene rings is 2. The highest BCUT2D eigenvalue weighted by atomic mass is 19.1. The van der Waals surface area contributed by atoms with Gasteiger partial charge in [0.1, 0.15) is 11.9 Å². The second kappa shape index (κ2) is 9.23. The van der Waals surface area contributed by atoms with Crippen LogP contribution in [0.15, 0.2) is 48.5 Å². The molecule has 1 aliphatic rings. The van der Waals surface area contributed by atoms with E-state index in [9.17, 15) is 19.6 Å². The summed E-state index contributed by atoms with van der Waals surface area (Å²) >= 11 is 0. The molecule has 3 rings (SSSR count). The highest BCUT2D eigenvalue weighted by Gasteiger charge is 2.51. The van der Waals surface area contributed by atoms with Crippen LogP contribution < -0.4 is 5.32 Å². The standard InChI is InChI=1S/C23H22FN3O2/c1-2-13-26-23(29)27-20(14-25)22(21(27)15-28)18-9-5-16(6-10-18)3-4-17-7-11-19(24)12-8-17/h5-12,20-22,28H,2,13,15H2,1H3,(H,26,29)/t20-,21-,22+/m0/s1. The van der Waals surface area contributed by atoms with Gasteiger partial charge in [0.15, 0.2) is 0 Å². The van der Waals surface area contributed by atoms with Crippen molar-refractivity contribution in [2.75, 3.05) is 13.2 Å². The molecular weight excluding hydrogens is 369 g/mol. The zero-order valence-electron chi connectivity index (χ0n) is 16.1. The van der Waals surface area contributed by atoms with Crippen LogP contribution in [0.3, 0.4) is 0 Å². The molecule has 5 nitrogen and oxygen atoms in total. The molecule has 0 saturated carbocycles. The fourth-order valence-electron chi connectivity index (χ4n) is 3.48. The van der Waals surface area contributed by atoms with Crippen molar-refractivity contribution in [1.29, 1.82) is 5.26 Å². The second-order valence-electron chi connectivity index (χ2n) is 6.87. The summed E-state index contributed by atoms with van der Waals surface area (Å²) in [5, 5.41) is 22.1. The van der Waals surface area contributed by atoms with Gasteiger partial charge in [-0.2, -0.15) is 5.26 Å². The van der Waals surface area contributed by atoms with E-state index in [4.69, 9.17) is 0 Å². The number of amides is 2. The number of carbonyl (C=O) groups excluding carboxylic acids is 1. The monoisotopic (exact) mass is 391 g/mol. The maximum absolute atomic E-state index is 13.0. The SMILES string of the molecule is CCCNC(=O)N1[C@@H](C#N)[C@@H](c2ccc(C#Cc3ccc(F)cc3)cc2)[C@@H]1CO. The summed E-state index contributed by atoms with van der Waals surface area (Å²) in [6, 6.07) is 14.2. The molecule has 2 amide bonds. The number of nitrogens with zero attached hydrogens (tertiary/aromatic N) is 2. The Morgan fingerprint density at radius 1 is 1.14 bits per heavy atom. The van der Waals surface area contributed by atoms with E-state index in [0.29, 0.717) is 12.1 Å². The highest BCUT2D eigenvalue weighted by Crippen LogP contribution is 2.40. The second-order valence-corrected chi connectivity index (χ2v) is 6.87. The first-order valence-electron chi connectivity index (χ1n) is 9.53. The third kappa shape index (κ3) is 4.39. The lowest BCUT2D eigenvalue weighted by molar-refractivity contribution is 0.0169. The van der Waals surface area contributed by atoms with Gasteiger partial charge in [-0.1, -0.05) is 30.9 Å². The van der Waals surface area contributed by atoms with Crippen LogP contribution in [0.5, 0.6) is 0 Å².